The third-order valence-electron chi connectivity index (χ3n) is 5.96. The summed E-state index contributed by atoms with van der Waals surface area (Å²) in [6.45, 7) is 13.9. The fraction of sp³-hybridized carbons (Fsp3) is 0.882. The Bertz CT molecular complexity index is 448. The smallest absolute Gasteiger partial charge is 0.167 e. The Labute approximate surface area is 145 Å². The average molecular weight is 391 g/mol. The van der Waals surface area contributed by atoms with Crippen LogP contribution in [0.25, 0.3) is 0 Å². The van der Waals surface area contributed by atoms with E-state index in [-0.39, 0.29) is 44.8 Å². The largest absolute Gasteiger partial charge is 1.00 e. The van der Waals surface area contributed by atoms with E-state index >= 15 is 0 Å². The topological polar surface area (TPSA) is 20.2 Å². The number of rotatable bonds is 2. The van der Waals surface area contributed by atoms with E-state index in [1.54, 1.807) is 0 Å². The lowest BCUT2D eigenvalue weighted by molar-refractivity contribution is -0.0000145. The van der Waals surface area contributed by atoms with Gasteiger partial charge in [0.05, 0.1) is 6.26 Å². The van der Waals surface area contributed by atoms with Crippen LogP contribution < -0.4 is 17.0 Å². The van der Waals surface area contributed by atoms with E-state index < -0.39 is 8.07 Å². The Morgan fingerprint density at radius 3 is 2.24 bits per heavy atom. The molecule has 2 bridgehead atoms. The predicted octanol–water partition coefficient (Wildman–Crippen LogP) is 0.305. The highest BCUT2D eigenvalue weighted by Crippen LogP contribution is 2.66. The van der Waals surface area contributed by atoms with Crippen molar-refractivity contribution in [2.75, 3.05) is 12.0 Å². The molecule has 1 N–H and O–H groups in total. The zero-order valence-corrected chi connectivity index (χ0v) is 18.0. The van der Waals surface area contributed by atoms with Gasteiger partial charge >= 0.3 is 0 Å². The first-order valence-corrected chi connectivity index (χ1v) is 13.2. The van der Waals surface area contributed by atoms with Crippen LogP contribution in [0.3, 0.4) is 0 Å². The van der Waals surface area contributed by atoms with Crippen LogP contribution in [0.4, 0.5) is 0 Å². The number of halogens is 1. The minimum atomic E-state index is -1.26. The van der Waals surface area contributed by atoms with Crippen molar-refractivity contribution in [3.05, 3.63) is 0 Å². The Balaban J connectivity index is 0.00000220. The second-order valence-corrected chi connectivity index (χ2v) is 15.5. The molecule has 0 aromatic heterocycles. The first-order valence-electron chi connectivity index (χ1n) is 7.80. The van der Waals surface area contributed by atoms with Gasteiger partial charge in [-0.05, 0) is 18.3 Å². The molecule has 21 heavy (non-hydrogen) atoms. The van der Waals surface area contributed by atoms with Gasteiger partial charge in [-0.3, -0.25) is 0 Å². The number of aliphatic hydroxyl groups is 1. The lowest BCUT2D eigenvalue weighted by Gasteiger charge is -2.36. The molecule has 2 aliphatic rings. The quantitative estimate of drug-likeness (QED) is 0.408. The van der Waals surface area contributed by atoms with E-state index in [1.165, 1.54) is 12.8 Å². The van der Waals surface area contributed by atoms with E-state index in [0.717, 1.165) is 5.75 Å². The van der Waals surface area contributed by atoms with Gasteiger partial charge in [0.25, 0.3) is 0 Å². The SMILES string of the molecule is C[S+](CC#C[Si](C)(C)C)[C@@H]1[C@H]2CC[C@@](C)([C@@H]1O)C2(C)C.[Br-]. The van der Waals surface area contributed by atoms with E-state index in [1.807, 2.05) is 0 Å². The molecule has 0 heterocycles. The van der Waals surface area contributed by atoms with Gasteiger partial charge in [0.1, 0.15) is 19.4 Å². The molecule has 0 saturated heterocycles. The van der Waals surface area contributed by atoms with Crippen LogP contribution in [0.5, 0.6) is 0 Å². The molecule has 2 aliphatic carbocycles. The molecule has 0 aliphatic heterocycles. The minimum absolute atomic E-state index is 0. The first-order chi connectivity index (χ1) is 9.01. The maximum absolute atomic E-state index is 10.9. The van der Waals surface area contributed by atoms with Crippen molar-refractivity contribution in [3.63, 3.8) is 0 Å². The molecule has 2 saturated carbocycles. The fourth-order valence-electron chi connectivity index (χ4n) is 4.26. The van der Waals surface area contributed by atoms with Gasteiger partial charge in [0, 0.05) is 22.2 Å². The van der Waals surface area contributed by atoms with Gasteiger partial charge in [0.15, 0.2) is 5.75 Å². The molecule has 1 nitrogen and oxygen atoms in total. The molecule has 0 spiro atoms. The van der Waals surface area contributed by atoms with Crippen molar-refractivity contribution in [1.29, 1.82) is 0 Å². The Hall–Kier alpha value is 0.567. The standard InChI is InChI=1S/C17H31OSSi.BrH/c1-16(2)13-9-10-17(16,3)15(18)14(13)19(4)11-8-12-20(5,6)7;/h13-15,18H,9-11H2,1-7H3;1H/q+1;/p-1/t13-,14-,15-,17+,19?;/m1./s1. The number of aliphatic hydroxyl groups excluding tert-OH is 1. The molecule has 5 atom stereocenters. The third kappa shape index (κ3) is 3.27. The van der Waals surface area contributed by atoms with Crippen molar-refractivity contribution in [3.8, 4) is 11.5 Å². The Morgan fingerprint density at radius 1 is 1.24 bits per heavy atom. The van der Waals surface area contributed by atoms with Crippen LogP contribution in [-0.2, 0) is 10.9 Å². The van der Waals surface area contributed by atoms with Crippen LogP contribution in [-0.4, -0.2) is 36.5 Å². The van der Waals surface area contributed by atoms with E-state index in [9.17, 15) is 5.11 Å². The summed E-state index contributed by atoms with van der Waals surface area (Å²) in [5, 5.41) is 11.3. The van der Waals surface area contributed by atoms with Crippen molar-refractivity contribution in [2.24, 2.45) is 16.7 Å². The molecule has 2 rings (SSSR count). The molecular weight excluding hydrogens is 360 g/mol. The van der Waals surface area contributed by atoms with E-state index in [2.05, 4.69) is 58.1 Å². The van der Waals surface area contributed by atoms with Gasteiger partial charge in [0.2, 0.25) is 0 Å². The van der Waals surface area contributed by atoms with Crippen molar-refractivity contribution < 1.29 is 22.1 Å². The molecule has 4 heteroatoms. The predicted molar refractivity (Wildman–Crippen MR) is 93.7 cm³/mol. The minimum Gasteiger partial charge on any atom is -1.00 e. The Morgan fingerprint density at radius 2 is 1.81 bits per heavy atom. The normalized spacial score (nSPS) is 38.4. The maximum atomic E-state index is 10.9. The van der Waals surface area contributed by atoms with Gasteiger partial charge in [-0.1, -0.05) is 46.3 Å². The lowest BCUT2D eigenvalue weighted by Crippen LogP contribution is -3.00. The monoisotopic (exact) mass is 390 g/mol. The summed E-state index contributed by atoms with van der Waals surface area (Å²) in [4.78, 5) is 0. The first kappa shape index (κ1) is 19.6. The molecule has 0 aromatic rings. The summed E-state index contributed by atoms with van der Waals surface area (Å²) in [7, 11) is -1.04. The summed E-state index contributed by atoms with van der Waals surface area (Å²) in [5.74, 6) is 5.10. The number of hydrogen-bond donors (Lipinski definition) is 1. The van der Waals surface area contributed by atoms with Crippen LogP contribution in [0, 0.1) is 28.2 Å². The molecule has 2 fully saturated rings. The highest BCUT2D eigenvalue weighted by Gasteiger charge is 2.69. The summed E-state index contributed by atoms with van der Waals surface area (Å²) in [6.07, 6.45) is 4.69. The van der Waals surface area contributed by atoms with Crippen molar-refractivity contribution in [1.82, 2.24) is 0 Å². The van der Waals surface area contributed by atoms with Crippen molar-refractivity contribution >= 4 is 19.0 Å². The summed E-state index contributed by atoms with van der Waals surface area (Å²) in [6, 6.07) is 0. The van der Waals surface area contributed by atoms with Crippen LogP contribution in [0.15, 0.2) is 0 Å². The van der Waals surface area contributed by atoms with Crippen LogP contribution in [0.1, 0.15) is 33.6 Å². The summed E-state index contributed by atoms with van der Waals surface area (Å²) < 4.78 is 0. The van der Waals surface area contributed by atoms with Crippen LogP contribution >= 0.6 is 0 Å². The Kier molecular flexibility index (Phi) is 5.81. The highest BCUT2D eigenvalue weighted by molar-refractivity contribution is 7.97. The van der Waals surface area contributed by atoms with E-state index in [0.29, 0.717) is 11.2 Å². The number of fused-ring (bicyclic) bond motifs is 2. The van der Waals surface area contributed by atoms with Gasteiger partial charge in [-0.25, -0.2) is 0 Å². The molecule has 0 aromatic carbocycles. The molecule has 0 radical (unpaired) electrons. The van der Waals surface area contributed by atoms with Gasteiger partial charge in [-0.2, -0.15) is 0 Å². The molecule has 1 unspecified atom stereocenters. The molecule has 0 amide bonds. The average Bonchev–Trinajstić information content (AvgIpc) is 2.59. The second kappa shape index (κ2) is 6.22. The van der Waals surface area contributed by atoms with Crippen LogP contribution in [0.2, 0.25) is 19.6 Å². The zero-order valence-electron chi connectivity index (χ0n) is 14.6. The molecule has 122 valence electrons. The van der Waals surface area contributed by atoms with Gasteiger partial charge in [-0.15, -0.1) is 5.54 Å². The van der Waals surface area contributed by atoms with Crippen molar-refractivity contribution in [2.45, 2.75) is 64.6 Å². The molecular formula is C17H31BrOSSi. The summed E-state index contributed by atoms with van der Waals surface area (Å²) in [5.41, 5.74) is 3.88. The maximum Gasteiger partial charge on any atom is 0.167 e. The number of hydrogen-bond acceptors (Lipinski definition) is 1. The third-order valence-corrected chi connectivity index (χ3v) is 9.00. The zero-order chi connectivity index (χ0) is 15.3. The van der Waals surface area contributed by atoms with E-state index in [4.69, 9.17) is 0 Å². The summed E-state index contributed by atoms with van der Waals surface area (Å²) >= 11 is 0. The lowest BCUT2D eigenvalue weighted by atomic mass is 9.70. The van der Waals surface area contributed by atoms with Gasteiger partial charge < -0.3 is 22.1 Å². The second-order valence-electron chi connectivity index (χ2n) is 8.58. The highest BCUT2D eigenvalue weighted by atomic mass is 79.9. The fourth-order valence-corrected chi connectivity index (χ4v) is 7.28.